The SMILES string of the molecule is CNC(=O)c1cc(NC(=O)N2CC[C@H]3CNC[C@H]32)ccc1F. The molecule has 1 aromatic carbocycles. The molecule has 0 aromatic heterocycles. The van der Waals surface area contributed by atoms with Crippen LogP contribution in [0.2, 0.25) is 0 Å². The molecule has 0 unspecified atom stereocenters. The standard InChI is InChI=1S/C15H19FN4O2/c1-17-14(21)11-6-10(2-3-12(11)16)19-15(22)20-5-4-9-7-18-8-13(9)20/h2-3,6,9,13,18H,4-5,7-8H2,1H3,(H,17,21)(H,19,22)/t9-,13+/m0/s1. The van der Waals surface area contributed by atoms with Gasteiger partial charge < -0.3 is 20.9 Å². The Kier molecular flexibility index (Phi) is 3.98. The number of hydrogen-bond acceptors (Lipinski definition) is 3. The van der Waals surface area contributed by atoms with Gasteiger partial charge >= 0.3 is 6.03 Å². The van der Waals surface area contributed by atoms with Crippen molar-refractivity contribution in [3.05, 3.63) is 29.6 Å². The van der Waals surface area contributed by atoms with Crippen molar-refractivity contribution in [3.63, 3.8) is 0 Å². The van der Waals surface area contributed by atoms with Crippen LogP contribution in [0, 0.1) is 11.7 Å². The van der Waals surface area contributed by atoms with E-state index in [2.05, 4.69) is 16.0 Å². The fourth-order valence-corrected chi connectivity index (χ4v) is 3.21. The second-order valence-corrected chi connectivity index (χ2v) is 5.67. The predicted molar refractivity (Wildman–Crippen MR) is 80.3 cm³/mol. The molecular weight excluding hydrogens is 287 g/mol. The van der Waals surface area contributed by atoms with Gasteiger partial charge in [0.2, 0.25) is 0 Å². The number of carbonyl (C=O) groups is 2. The van der Waals surface area contributed by atoms with Crippen molar-refractivity contribution in [3.8, 4) is 0 Å². The number of urea groups is 1. The normalized spacial score (nSPS) is 23.3. The van der Waals surface area contributed by atoms with Crippen LogP contribution >= 0.6 is 0 Å². The number of amides is 3. The molecule has 0 spiro atoms. The Balaban J connectivity index is 1.73. The van der Waals surface area contributed by atoms with Crippen LogP contribution in [0.1, 0.15) is 16.8 Å². The number of fused-ring (bicyclic) bond motifs is 1. The van der Waals surface area contributed by atoms with Crippen molar-refractivity contribution < 1.29 is 14.0 Å². The highest BCUT2D eigenvalue weighted by Gasteiger charge is 2.39. The molecule has 0 saturated carbocycles. The first-order valence-electron chi connectivity index (χ1n) is 7.40. The third kappa shape index (κ3) is 2.64. The minimum atomic E-state index is -0.612. The van der Waals surface area contributed by atoms with Gasteiger partial charge in [-0.05, 0) is 30.5 Å². The van der Waals surface area contributed by atoms with E-state index in [4.69, 9.17) is 0 Å². The Bertz CT molecular complexity index is 607. The van der Waals surface area contributed by atoms with Crippen molar-refractivity contribution in [1.29, 1.82) is 0 Å². The minimum Gasteiger partial charge on any atom is -0.355 e. The van der Waals surface area contributed by atoms with Crippen molar-refractivity contribution in [2.45, 2.75) is 12.5 Å². The molecule has 1 aromatic rings. The molecule has 3 N–H and O–H groups in total. The topological polar surface area (TPSA) is 73.5 Å². The van der Waals surface area contributed by atoms with Gasteiger partial charge in [-0.3, -0.25) is 4.79 Å². The van der Waals surface area contributed by atoms with Gasteiger partial charge in [-0.25, -0.2) is 9.18 Å². The van der Waals surface area contributed by atoms with E-state index in [1.54, 1.807) is 0 Å². The van der Waals surface area contributed by atoms with Crippen LogP contribution in [-0.2, 0) is 0 Å². The molecule has 6 nitrogen and oxygen atoms in total. The molecule has 2 saturated heterocycles. The number of likely N-dealkylation sites (tertiary alicyclic amines) is 1. The lowest BCUT2D eigenvalue weighted by Crippen LogP contribution is -2.41. The zero-order chi connectivity index (χ0) is 15.7. The molecular formula is C15H19FN4O2. The molecule has 0 bridgehead atoms. The Morgan fingerprint density at radius 1 is 1.36 bits per heavy atom. The monoisotopic (exact) mass is 306 g/mol. The van der Waals surface area contributed by atoms with E-state index >= 15 is 0 Å². The summed E-state index contributed by atoms with van der Waals surface area (Å²) in [6.07, 6.45) is 0.998. The van der Waals surface area contributed by atoms with E-state index in [0.29, 0.717) is 11.6 Å². The number of anilines is 1. The van der Waals surface area contributed by atoms with Gasteiger partial charge in [0.25, 0.3) is 5.91 Å². The van der Waals surface area contributed by atoms with Crippen LogP contribution in [0.5, 0.6) is 0 Å². The molecule has 0 aliphatic carbocycles. The number of nitrogens with zero attached hydrogens (tertiary/aromatic N) is 1. The Hall–Kier alpha value is -2.15. The molecule has 0 radical (unpaired) electrons. The summed E-state index contributed by atoms with van der Waals surface area (Å²) in [5, 5.41) is 8.42. The van der Waals surface area contributed by atoms with Crippen molar-refractivity contribution in [2.24, 2.45) is 5.92 Å². The van der Waals surface area contributed by atoms with Crippen molar-refractivity contribution >= 4 is 17.6 Å². The van der Waals surface area contributed by atoms with Gasteiger partial charge in [0.15, 0.2) is 0 Å². The zero-order valence-corrected chi connectivity index (χ0v) is 12.4. The van der Waals surface area contributed by atoms with Crippen LogP contribution in [-0.4, -0.2) is 49.6 Å². The van der Waals surface area contributed by atoms with E-state index in [9.17, 15) is 14.0 Å². The lowest BCUT2D eigenvalue weighted by molar-refractivity contribution is 0.0959. The van der Waals surface area contributed by atoms with Gasteiger partial charge in [0, 0.05) is 38.4 Å². The average Bonchev–Trinajstić information content (AvgIpc) is 3.11. The maximum atomic E-state index is 13.6. The Labute approximate surface area is 128 Å². The maximum Gasteiger partial charge on any atom is 0.322 e. The highest BCUT2D eigenvalue weighted by atomic mass is 19.1. The fourth-order valence-electron chi connectivity index (χ4n) is 3.21. The predicted octanol–water partition coefficient (Wildman–Crippen LogP) is 1.01. The number of carbonyl (C=O) groups excluding carboxylic acids is 2. The molecule has 2 fully saturated rings. The van der Waals surface area contributed by atoms with E-state index in [1.165, 1.54) is 25.2 Å². The second-order valence-electron chi connectivity index (χ2n) is 5.67. The smallest absolute Gasteiger partial charge is 0.322 e. The first-order valence-corrected chi connectivity index (χ1v) is 7.40. The summed E-state index contributed by atoms with van der Waals surface area (Å²) in [5.74, 6) is -0.617. The summed E-state index contributed by atoms with van der Waals surface area (Å²) >= 11 is 0. The maximum absolute atomic E-state index is 13.6. The molecule has 2 aliphatic heterocycles. The van der Waals surface area contributed by atoms with E-state index in [0.717, 1.165) is 26.1 Å². The van der Waals surface area contributed by atoms with Crippen LogP contribution < -0.4 is 16.0 Å². The second kappa shape index (κ2) is 5.92. The average molecular weight is 306 g/mol. The van der Waals surface area contributed by atoms with Gasteiger partial charge in [-0.15, -0.1) is 0 Å². The van der Waals surface area contributed by atoms with E-state index < -0.39 is 11.7 Å². The van der Waals surface area contributed by atoms with Gasteiger partial charge in [0.05, 0.1) is 5.56 Å². The van der Waals surface area contributed by atoms with E-state index in [1.807, 2.05) is 4.90 Å². The number of nitrogens with one attached hydrogen (secondary N) is 3. The fraction of sp³-hybridized carbons (Fsp3) is 0.467. The van der Waals surface area contributed by atoms with Gasteiger partial charge in [0.1, 0.15) is 5.82 Å². The third-order valence-corrected chi connectivity index (χ3v) is 4.40. The highest BCUT2D eigenvalue weighted by molar-refractivity contribution is 5.97. The highest BCUT2D eigenvalue weighted by Crippen LogP contribution is 2.27. The first-order chi connectivity index (χ1) is 10.6. The Morgan fingerprint density at radius 3 is 2.95 bits per heavy atom. The van der Waals surface area contributed by atoms with Gasteiger partial charge in [-0.2, -0.15) is 0 Å². The van der Waals surface area contributed by atoms with Crippen molar-refractivity contribution in [1.82, 2.24) is 15.5 Å². The van der Waals surface area contributed by atoms with E-state index in [-0.39, 0.29) is 17.6 Å². The summed E-state index contributed by atoms with van der Waals surface area (Å²) in [5.41, 5.74) is 0.335. The minimum absolute atomic E-state index is 0.0814. The number of rotatable bonds is 2. The summed E-state index contributed by atoms with van der Waals surface area (Å²) in [6, 6.07) is 4.01. The number of hydrogen-bond donors (Lipinski definition) is 3. The zero-order valence-electron chi connectivity index (χ0n) is 12.4. The number of benzene rings is 1. The number of halogens is 1. The molecule has 7 heteroatoms. The van der Waals surface area contributed by atoms with Crippen LogP contribution in [0.3, 0.4) is 0 Å². The summed E-state index contributed by atoms with van der Waals surface area (Å²) in [4.78, 5) is 25.8. The molecule has 3 amide bonds. The lowest BCUT2D eigenvalue weighted by Gasteiger charge is -2.23. The molecule has 3 rings (SSSR count). The first kappa shape index (κ1) is 14.8. The Morgan fingerprint density at radius 2 is 2.18 bits per heavy atom. The molecule has 118 valence electrons. The summed E-state index contributed by atoms with van der Waals surface area (Å²) in [7, 11) is 1.44. The van der Waals surface area contributed by atoms with Gasteiger partial charge in [-0.1, -0.05) is 0 Å². The van der Waals surface area contributed by atoms with Crippen LogP contribution in [0.25, 0.3) is 0 Å². The van der Waals surface area contributed by atoms with Crippen molar-refractivity contribution in [2.75, 3.05) is 32.0 Å². The lowest BCUT2D eigenvalue weighted by atomic mass is 10.1. The largest absolute Gasteiger partial charge is 0.355 e. The summed E-state index contributed by atoms with van der Waals surface area (Å²) < 4.78 is 13.6. The van der Waals surface area contributed by atoms with Crippen LogP contribution in [0.15, 0.2) is 18.2 Å². The quantitative estimate of drug-likeness (QED) is 0.763. The molecule has 2 heterocycles. The molecule has 22 heavy (non-hydrogen) atoms. The third-order valence-electron chi connectivity index (χ3n) is 4.40. The van der Waals surface area contributed by atoms with Crippen LogP contribution in [0.4, 0.5) is 14.9 Å². The summed E-state index contributed by atoms with van der Waals surface area (Å²) in [6.45, 7) is 2.49. The molecule has 2 aliphatic rings. The molecule has 2 atom stereocenters.